The van der Waals surface area contributed by atoms with Gasteiger partial charge in [-0.3, -0.25) is 14.5 Å². The summed E-state index contributed by atoms with van der Waals surface area (Å²) in [5.74, 6) is 1.33. The molecule has 1 fully saturated rings. The van der Waals surface area contributed by atoms with Gasteiger partial charge >= 0.3 is 0 Å². The highest BCUT2D eigenvalue weighted by Crippen LogP contribution is 2.29. The number of carbonyl (C=O) groups is 2. The van der Waals surface area contributed by atoms with Crippen molar-refractivity contribution in [3.63, 3.8) is 0 Å². The summed E-state index contributed by atoms with van der Waals surface area (Å²) in [6.07, 6.45) is 3.29. The lowest BCUT2D eigenvalue weighted by atomic mass is 10.0. The molecule has 1 aromatic heterocycles. The third-order valence-electron chi connectivity index (χ3n) is 6.93. The number of hydrogen-bond donors (Lipinski definition) is 1. The Kier molecular flexibility index (Phi) is 6.95. The van der Waals surface area contributed by atoms with Crippen LogP contribution in [0.4, 0.5) is 11.5 Å². The van der Waals surface area contributed by atoms with Gasteiger partial charge < -0.3 is 15.0 Å². The first-order valence-corrected chi connectivity index (χ1v) is 12.5. The van der Waals surface area contributed by atoms with Crippen molar-refractivity contribution in [1.82, 2.24) is 9.88 Å². The minimum atomic E-state index is 0.0171. The summed E-state index contributed by atoms with van der Waals surface area (Å²) in [5, 5.41) is 5.15. The quantitative estimate of drug-likeness (QED) is 0.389. The minimum absolute atomic E-state index is 0.0171. The molecule has 0 unspecified atom stereocenters. The highest BCUT2D eigenvalue weighted by molar-refractivity contribution is 6.02. The Bertz CT molecular complexity index is 1230. The second-order valence-corrected chi connectivity index (χ2v) is 9.36. The minimum Gasteiger partial charge on any atom is -0.478 e. The van der Waals surface area contributed by atoms with Crippen LogP contribution in [-0.2, 0) is 11.2 Å². The molecule has 3 aromatic rings. The number of benzene rings is 2. The molecule has 35 heavy (non-hydrogen) atoms. The van der Waals surface area contributed by atoms with Gasteiger partial charge in [-0.1, -0.05) is 24.3 Å². The van der Waals surface area contributed by atoms with E-state index in [0.717, 1.165) is 68.5 Å². The van der Waals surface area contributed by atoms with E-state index >= 15 is 0 Å². The highest BCUT2D eigenvalue weighted by atomic mass is 16.5. The molecule has 7 heteroatoms. The van der Waals surface area contributed by atoms with Crippen LogP contribution < -0.4 is 15.0 Å². The van der Waals surface area contributed by atoms with E-state index in [1.807, 2.05) is 30.3 Å². The van der Waals surface area contributed by atoms with Crippen LogP contribution in [0.5, 0.6) is 5.88 Å². The van der Waals surface area contributed by atoms with Crippen LogP contribution in [-0.4, -0.2) is 60.9 Å². The molecule has 0 radical (unpaired) electrons. The van der Waals surface area contributed by atoms with Crippen LogP contribution >= 0.6 is 0 Å². The Hall–Kier alpha value is -3.45. The maximum absolute atomic E-state index is 11.9. The van der Waals surface area contributed by atoms with E-state index < -0.39 is 0 Å². The van der Waals surface area contributed by atoms with Crippen LogP contribution in [0.15, 0.2) is 48.5 Å². The number of nitrogens with one attached hydrogen (secondary N) is 1. The molecule has 2 aliphatic heterocycles. The molecule has 7 nitrogen and oxygen atoms in total. The summed E-state index contributed by atoms with van der Waals surface area (Å²) in [5.41, 5.74) is 3.05. The predicted molar refractivity (Wildman–Crippen MR) is 139 cm³/mol. The summed E-state index contributed by atoms with van der Waals surface area (Å²) >= 11 is 0. The average Bonchev–Trinajstić information content (AvgIpc) is 2.88. The molecule has 5 rings (SSSR count). The Morgan fingerprint density at radius 3 is 2.71 bits per heavy atom. The normalized spacial score (nSPS) is 16.1. The summed E-state index contributed by atoms with van der Waals surface area (Å²) in [4.78, 5) is 32.8. The molecule has 2 aliphatic rings. The third-order valence-corrected chi connectivity index (χ3v) is 6.93. The van der Waals surface area contributed by atoms with Crippen molar-refractivity contribution in [2.75, 3.05) is 49.5 Å². The second-order valence-electron chi connectivity index (χ2n) is 9.36. The van der Waals surface area contributed by atoms with Gasteiger partial charge in [0.2, 0.25) is 11.8 Å². The van der Waals surface area contributed by atoms with E-state index in [-0.39, 0.29) is 11.7 Å². The van der Waals surface area contributed by atoms with Crippen molar-refractivity contribution in [2.45, 2.75) is 32.6 Å². The predicted octanol–water partition coefficient (Wildman–Crippen LogP) is 4.30. The number of fused-ring (bicyclic) bond motifs is 2. The van der Waals surface area contributed by atoms with Crippen molar-refractivity contribution in [3.05, 3.63) is 59.7 Å². The van der Waals surface area contributed by atoms with E-state index in [4.69, 9.17) is 4.74 Å². The van der Waals surface area contributed by atoms with E-state index in [9.17, 15) is 9.59 Å². The monoisotopic (exact) mass is 472 g/mol. The van der Waals surface area contributed by atoms with E-state index in [1.165, 1.54) is 11.1 Å². The first kappa shape index (κ1) is 23.3. The van der Waals surface area contributed by atoms with Crippen LogP contribution in [0.25, 0.3) is 10.8 Å². The van der Waals surface area contributed by atoms with Gasteiger partial charge in [-0.15, -0.1) is 0 Å². The first-order chi connectivity index (χ1) is 17.1. The number of unbranched alkanes of at least 4 members (excludes halogenated alkanes) is 1. The lowest BCUT2D eigenvalue weighted by molar-refractivity contribution is -0.116. The number of carbonyl (C=O) groups excluding carboxylic acids is 2. The van der Waals surface area contributed by atoms with Crippen molar-refractivity contribution >= 4 is 34.0 Å². The molecule has 0 atom stereocenters. The van der Waals surface area contributed by atoms with Gasteiger partial charge in [0.25, 0.3) is 0 Å². The number of aryl methyl sites for hydroxylation is 1. The van der Waals surface area contributed by atoms with Crippen LogP contribution in [0.3, 0.4) is 0 Å². The smallest absolute Gasteiger partial charge is 0.225 e. The fraction of sp³-hybridized carbons (Fsp3) is 0.393. The maximum Gasteiger partial charge on any atom is 0.225 e. The zero-order valence-corrected chi connectivity index (χ0v) is 20.3. The number of rotatable bonds is 8. The number of amides is 1. The topological polar surface area (TPSA) is 74.8 Å². The number of Topliss-reactive ketones (excluding diaryl/α,β-unsaturated/α-hetero) is 1. The van der Waals surface area contributed by atoms with Crippen molar-refractivity contribution in [3.8, 4) is 5.88 Å². The van der Waals surface area contributed by atoms with Crippen LogP contribution in [0.1, 0.15) is 42.1 Å². The standard InChI is InChI=1S/C28H32N4O3/c1-20(33)23-8-7-21-5-4-6-25(24(21)19-23)32-16-14-31(15-17-32)13-2-3-18-35-27-12-10-22-9-11-26(34)29-28(22)30-27/h4-8,10,12,19H,2-3,9,11,13-18H2,1H3,(H,29,30,34). The van der Waals surface area contributed by atoms with Gasteiger partial charge in [0.1, 0.15) is 5.82 Å². The van der Waals surface area contributed by atoms with Gasteiger partial charge in [-0.05, 0) is 61.9 Å². The number of pyridine rings is 1. The lowest BCUT2D eigenvalue weighted by Crippen LogP contribution is -2.46. The molecule has 0 saturated carbocycles. The number of ether oxygens (including phenoxy) is 1. The summed E-state index contributed by atoms with van der Waals surface area (Å²) < 4.78 is 5.83. The Morgan fingerprint density at radius 1 is 1.03 bits per heavy atom. The molecule has 182 valence electrons. The Labute approximate surface area is 206 Å². The lowest BCUT2D eigenvalue weighted by Gasteiger charge is -2.36. The van der Waals surface area contributed by atoms with Gasteiger partial charge in [-0.2, -0.15) is 4.98 Å². The summed E-state index contributed by atoms with van der Waals surface area (Å²) in [6, 6.07) is 16.2. The number of piperazine rings is 1. The Balaban J connectivity index is 1.08. The summed E-state index contributed by atoms with van der Waals surface area (Å²) in [6.45, 7) is 7.29. The Morgan fingerprint density at radius 2 is 1.89 bits per heavy atom. The summed E-state index contributed by atoms with van der Waals surface area (Å²) in [7, 11) is 0. The molecular formula is C28H32N4O3. The number of hydrogen-bond acceptors (Lipinski definition) is 6. The fourth-order valence-corrected chi connectivity index (χ4v) is 4.88. The number of nitrogens with zero attached hydrogens (tertiary/aromatic N) is 3. The van der Waals surface area contributed by atoms with Crippen LogP contribution in [0, 0.1) is 0 Å². The zero-order chi connectivity index (χ0) is 24.2. The number of aromatic nitrogens is 1. The van der Waals surface area contributed by atoms with Crippen molar-refractivity contribution in [1.29, 1.82) is 0 Å². The van der Waals surface area contributed by atoms with Crippen molar-refractivity contribution in [2.24, 2.45) is 0 Å². The largest absolute Gasteiger partial charge is 0.478 e. The van der Waals surface area contributed by atoms with Gasteiger partial charge in [0.15, 0.2) is 5.78 Å². The zero-order valence-electron chi connectivity index (χ0n) is 20.3. The fourth-order valence-electron chi connectivity index (χ4n) is 4.88. The molecule has 3 heterocycles. The van der Waals surface area contributed by atoms with Gasteiger partial charge in [0.05, 0.1) is 6.61 Å². The molecular weight excluding hydrogens is 440 g/mol. The SMILES string of the molecule is CC(=O)c1ccc2cccc(N3CCN(CCCCOc4ccc5c(n4)NC(=O)CC5)CC3)c2c1. The van der Waals surface area contributed by atoms with Crippen LogP contribution in [0.2, 0.25) is 0 Å². The number of ketones is 1. The third kappa shape index (κ3) is 5.46. The van der Waals surface area contributed by atoms with Gasteiger partial charge in [0, 0.05) is 55.3 Å². The van der Waals surface area contributed by atoms with Gasteiger partial charge in [-0.25, -0.2) is 0 Å². The van der Waals surface area contributed by atoms with E-state index in [1.54, 1.807) is 6.92 Å². The molecule has 2 aromatic carbocycles. The second kappa shape index (κ2) is 10.4. The molecule has 0 aliphatic carbocycles. The molecule has 0 bridgehead atoms. The molecule has 1 N–H and O–H groups in total. The molecule has 0 spiro atoms. The molecule has 1 amide bonds. The van der Waals surface area contributed by atoms with Crippen molar-refractivity contribution < 1.29 is 14.3 Å². The van der Waals surface area contributed by atoms with E-state index in [2.05, 4.69) is 38.3 Å². The highest BCUT2D eigenvalue weighted by Gasteiger charge is 2.19. The van der Waals surface area contributed by atoms with E-state index in [0.29, 0.717) is 24.7 Å². The number of anilines is 2. The molecule has 1 saturated heterocycles. The maximum atomic E-state index is 11.9. The first-order valence-electron chi connectivity index (χ1n) is 12.5. The average molecular weight is 473 g/mol.